The molecule has 0 aromatic heterocycles. The van der Waals surface area contributed by atoms with Gasteiger partial charge in [0, 0.05) is 4.47 Å². The molecule has 0 bridgehead atoms. The second-order valence-corrected chi connectivity index (χ2v) is 5.57. The van der Waals surface area contributed by atoms with Gasteiger partial charge in [0.15, 0.2) is 0 Å². The lowest BCUT2D eigenvalue weighted by Gasteiger charge is -2.17. The van der Waals surface area contributed by atoms with Crippen molar-refractivity contribution in [2.24, 2.45) is 0 Å². The Morgan fingerprint density at radius 3 is 2.89 bits per heavy atom. The van der Waals surface area contributed by atoms with Crippen molar-refractivity contribution in [3.63, 3.8) is 0 Å². The molecule has 1 aliphatic rings. The van der Waals surface area contributed by atoms with E-state index in [0.29, 0.717) is 5.69 Å². The van der Waals surface area contributed by atoms with Gasteiger partial charge in [0.1, 0.15) is 11.6 Å². The van der Waals surface area contributed by atoms with Crippen LogP contribution in [0.15, 0.2) is 40.9 Å². The number of fused-ring (bicyclic) bond motifs is 1. The molecule has 2 N–H and O–H groups in total. The van der Waals surface area contributed by atoms with E-state index in [4.69, 9.17) is 0 Å². The van der Waals surface area contributed by atoms with Crippen LogP contribution in [-0.2, 0) is 6.42 Å². The summed E-state index contributed by atoms with van der Waals surface area (Å²) in [5, 5.41) is 12.7. The summed E-state index contributed by atoms with van der Waals surface area (Å²) in [5.74, 6) is 0.0214. The van der Waals surface area contributed by atoms with Gasteiger partial charge in [-0.05, 0) is 64.2 Å². The van der Waals surface area contributed by atoms with Crippen LogP contribution in [0.2, 0.25) is 0 Å². The number of benzene rings is 2. The van der Waals surface area contributed by atoms with E-state index < -0.39 is 0 Å². The van der Waals surface area contributed by atoms with Gasteiger partial charge >= 0.3 is 0 Å². The van der Waals surface area contributed by atoms with E-state index in [2.05, 4.69) is 21.2 Å². The Kier molecular flexibility index (Phi) is 3.19. The van der Waals surface area contributed by atoms with Crippen LogP contribution >= 0.6 is 15.9 Å². The Labute approximate surface area is 119 Å². The van der Waals surface area contributed by atoms with E-state index in [1.54, 1.807) is 18.2 Å². The average molecular weight is 322 g/mol. The summed E-state index contributed by atoms with van der Waals surface area (Å²) in [6.07, 6.45) is 1.80. The highest BCUT2D eigenvalue weighted by atomic mass is 79.9. The van der Waals surface area contributed by atoms with Crippen molar-refractivity contribution in [2.75, 3.05) is 5.32 Å². The molecule has 0 heterocycles. The van der Waals surface area contributed by atoms with Crippen LogP contribution in [0.1, 0.15) is 23.6 Å². The van der Waals surface area contributed by atoms with E-state index in [0.717, 1.165) is 28.4 Å². The Bertz CT molecular complexity index is 609. The van der Waals surface area contributed by atoms with Gasteiger partial charge < -0.3 is 10.4 Å². The van der Waals surface area contributed by atoms with Crippen molar-refractivity contribution in [2.45, 2.75) is 18.9 Å². The molecule has 0 saturated carbocycles. The fourth-order valence-electron chi connectivity index (χ4n) is 2.56. The molecule has 1 atom stereocenters. The maximum atomic E-state index is 13.8. The van der Waals surface area contributed by atoms with E-state index >= 15 is 0 Å². The number of para-hydroxylation sites is 1. The Hall–Kier alpha value is -1.55. The molecule has 0 saturated heterocycles. The molecule has 98 valence electrons. The van der Waals surface area contributed by atoms with Crippen LogP contribution in [0.25, 0.3) is 0 Å². The first kappa shape index (κ1) is 12.5. The third-order valence-electron chi connectivity index (χ3n) is 3.49. The second-order valence-electron chi connectivity index (χ2n) is 4.72. The summed E-state index contributed by atoms with van der Waals surface area (Å²) in [4.78, 5) is 0. The normalized spacial score (nSPS) is 17.3. The Morgan fingerprint density at radius 2 is 2.11 bits per heavy atom. The molecule has 19 heavy (non-hydrogen) atoms. The molecular weight excluding hydrogens is 309 g/mol. The number of rotatable bonds is 2. The molecule has 2 nitrogen and oxygen atoms in total. The van der Waals surface area contributed by atoms with Crippen LogP contribution in [0.4, 0.5) is 10.1 Å². The first-order valence-electron chi connectivity index (χ1n) is 6.17. The predicted molar refractivity (Wildman–Crippen MR) is 76.9 cm³/mol. The quantitative estimate of drug-likeness (QED) is 0.859. The highest BCUT2D eigenvalue weighted by Gasteiger charge is 2.24. The van der Waals surface area contributed by atoms with Crippen LogP contribution in [0.3, 0.4) is 0 Å². The summed E-state index contributed by atoms with van der Waals surface area (Å²) in [7, 11) is 0. The Morgan fingerprint density at radius 1 is 1.26 bits per heavy atom. The smallest absolute Gasteiger partial charge is 0.147 e. The molecule has 0 fully saturated rings. The highest BCUT2D eigenvalue weighted by Crippen LogP contribution is 2.37. The van der Waals surface area contributed by atoms with E-state index in [9.17, 15) is 9.50 Å². The topological polar surface area (TPSA) is 32.3 Å². The molecule has 0 amide bonds. The number of phenolic OH excluding ortho intramolecular Hbond substituents is 1. The molecule has 0 spiro atoms. The van der Waals surface area contributed by atoms with Gasteiger partial charge in [0.05, 0.1) is 11.7 Å². The standard InChI is InChI=1S/C15H13BrFNO/c16-12-2-1-3-13(17)15(12)18-14-7-4-9-8-10(19)5-6-11(9)14/h1-3,5-6,8,14,18-19H,4,7H2. The summed E-state index contributed by atoms with van der Waals surface area (Å²) in [6.45, 7) is 0. The maximum Gasteiger partial charge on any atom is 0.147 e. The molecule has 2 aromatic rings. The molecule has 0 aliphatic heterocycles. The van der Waals surface area contributed by atoms with Crippen molar-refractivity contribution in [3.05, 3.63) is 57.8 Å². The van der Waals surface area contributed by atoms with Crippen LogP contribution < -0.4 is 5.32 Å². The van der Waals surface area contributed by atoms with Crippen molar-refractivity contribution in [3.8, 4) is 5.75 Å². The van der Waals surface area contributed by atoms with Gasteiger partial charge in [-0.15, -0.1) is 0 Å². The van der Waals surface area contributed by atoms with Gasteiger partial charge in [-0.1, -0.05) is 12.1 Å². The average Bonchev–Trinajstić information content (AvgIpc) is 2.76. The van der Waals surface area contributed by atoms with Crippen molar-refractivity contribution >= 4 is 21.6 Å². The minimum Gasteiger partial charge on any atom is -0.508 e. The van der Waals surface area contributed by atoms with Gasteiger partial charge in [0.25, 0.3) is 0 Å². The zero-order valence-electron chi connectivity index (χ0n) is 10.2. The number of halogens is 2. The number of hydrogen-bond acceptors (Lipinski definition) is 2. The zero-order chi connectivity index (χ0) is 13.4. The van der Waals surface area contributed by atoms with Crippen LogP contribution in [-0.4, -0.2) is 5.11 Å². The van der Waals surface area contributed by atoms with E-state index in [-0.39, 0.29) is 17.6 Å². The molecule has 0 radical (unpaired) electrons. The first-order chi connectivity index (χ1) is 9.15. The van der Waals surface area contributed by atoms with E-state index in [1.165, 1.54) is 6.07 Å². The van der Waals surface area contributed by atoms with Gasteiger partial charge in [0.2, 0.25) is 0 Å². The highest BCUT2D eigenvalue weighted by molar-refractivity contribution is 9.10. The fraction of sp³-hybridized carbons (Fsp3) is 0.200. The van der Waals surface area contributed by atoms with Crippen LogP contribution in [0, 0.1) is 5.82 Å². The first-order valence-corrected chi connectivity index (χ1v) is 6.97. The lowest BCUT2D eigenvalue weighted by atomic mass is 10.1. The molecule has 1 unspecified atom stereocenters. The van der Waals surface area contributed by atoms with Crippen molar-refractivity contribution in [1.29, 1.82) is 0 Å². The number of anilines is 1. The molecule has 3 rings (SSSR count). The summed E-state index contributed by atoms with van der Waals surface area (Å²) in [5.41, 5.74) is 2.76. The lowest BCUT2D eigenvalue weighted by molar-refractivity contribution is 0.474. The molecule has 4 heteroatoms. The summed E-state index contributed by atoms with van der Waals surface area (Å²) < 4.78 is 14.5. The fourth-order valence-corrected chi connectivity index (χ4v) is 3.02. The monoisotopic (exact) mass is 321 g/mol. The second kappa shape index (κ2) is 4.85. The predicted octanol–water partition coefficient (Wildman–Crippen LogP) is 4.39. The number of aryl methyl sites for hydroxylation is 1. The van der Waals surface area contributed by atoms with Crippen molar-refractivity contribution in [1.82, 2.24) is 0 Å². The number of aromatic hydroxyl groups is 1. The number of nitrogens with one attached hydrogen (secondary N) is 1. The zero-order valence-corrected chi connectivity index (χ0v) is 11.7. The molecule has 1 aliphatic carbocycles. The largest absolute Gasteiger partial charge is 0.508 e. The number of hydrogen-bond donors (Lipinski definition) is 2. The van der Waals surface area contributed by atoms with Gasteiger partial charge in [-0.25, -0.2) is 4.39 Å². The van der Waals surface area contributed by atoms with Gasteiger partial charge in [-0.2, -0.15) is 0 Å². The summed E-state index contributed by atoms with van der Waals surface area (Å²) >= 11 is 3.36. The lowest BCUT2D eigenvalue weighted by Crippen LogP contribution is -2.09. The molecule has 2 aromatic carbocycles. The van der Waals surface area contributed by atoms with Gasteiger partial charge in [-0.3, -0.25) is 0 Å². The van der Waals surface area contributed by atoms with Crippen molar-refractivity contribution < 1.29 is 9.50 Å². The minimum atomic E-state index is -0.262. The third-order valence-corrected chi connectivity index (χ3v) is 4.15. The molecular formula is C15H13BrFNO. The Balaban J connectivity index is 1.91. The van der Waals surface area contributed by atoms with Crippen LogP contribution in [0.5, 0.6) is 5.75 Å². The minimum absolute atomic E-state index is 0.0869. The maximum absolute atomic E-state index is 13.8. The SMILES string of the molecule is Oc1ccc2c(c1)CCC2Nc1c(F)cccc1Br. The number of phenols is 1. The van der Waals surface area contributed by atoms with E-state index in [1.807, 2.05) is 12.1 Å². The summed E-state index contributed by atoms with van der Waals surface area (Å²) in [6, 6.07) is 10.4. The third kappa shape index (κ3) is 2.32.